The van der Waals surface area contributed by atoms with Crippen LogP contribution in [0.15, 0.2) is 18.3 Å². The largest absolute Gasteiger partial charge is 0.493 e. The Labute approximate surface area is 115 Å². The molecule has 1 saturated heterocycles. The van der Waals surface area contributed by atoms with Gasteiger partial charge in [-0.3, -0.25) is 4.98 Å². The maximum absolute atomic E-state index is 5.75. The van der Waals surface area contributed by atoms with Crippen molar-refractivity contribution in [2.45, 2.75) is 19.8 Å². The first-order valence-corrected chi connectivity index (χ1v) is 5.61. The van der Waals surface area contributed by atoms with Crippen molar-refractivity contribution in [3.05, 3.63) is 24.0 Å². The molecule has 1 atom stereocenters. The van der Waals surface area contributed by atoms with Crippen LogP contribution in [0.1, 0.15) is 18.5 Å². The average Bonchev–Trinajstić information content (AvgIpc) is 2.28. The molecule has 1 aliphatic rings. The highest BCUT2D eigenvalue weighted by atomic mass is 35.5. The van der Waals surface area contributed by atoms with Gasteiger partial charge in [-0.25, -0.2) is 0 Å². The van der Waals surface area contributed by atoms with E-state index in [-0.39, 0.29) is 24.8 Å². The summed E-state index contributed by atoms with van der Waals surface area (Å²) >= 11 is 0. The van der Waals surface area contributed by atoms with Gasteiger partial charge in [0.05, 0.1) is 6.61 Å². The Hall–Kier alpha value is -0.510. The summed E-state index contributed by atoms with van der Waals surface area (Å²) in [7, 11) is 0. The highest BCUT2D eigenvalue weighted by Gasteiger charge is 2.13. The first-order valence-electron chi connectivity index (χ1n) is 5.61. The topological polar surface area (TPSA) is 34.1 Å². The van der Waals surface area contributed by atoms with Gasteiger partial charge in [0.1, 0.15) is 5.75 Å². The van der Waals surface area contributed by atoms with E-state index >= 15 is 0 Å². The molecule has 0 amide bonds. The molecule has 98 valence electrons. The van der Waals surface area contributed by atoms with Gasteiger partial charge >= 0.3 is 0 Å². The van der Waals surface area contributed by atoms with Crippen LogP contribution in [0.3, 0.4) is 0 Å². The Balaban J connectivity index is 0.00000128. The van der Waals surface area contributed by atoms with E-state index in [0.29, 0.717) is 5.92 Å². The summed E-state index contributed by atoms with van der Waals surface area (Å²) < 4.78 is 5.75. The number of pyridine rings is 1. The van der Waals surface area contributed by atoms with Crippen molar-refractivity contribution in [1.29, 1.82) is 0 Å². The number of piperidine rings is 1. The average molecular weight is 279 g/mol. The Kier molecular flexibility index (Phi) is 8.30. The SMILES string of the molecule is Cc1cc(OCC2CCCNC2)ccn1.Cl.Cl. The molecule has 5 heteroatoms. The van der Waals surface area contributed by atoms with Crippen molar-refractivity contribution >= 4 is 24.8 Å². The molecule has 0 aromatic carbocycles. The van der Waals surface area contributed by atoms with Gasteiger partial charge < -0.3 is 10.1 Å². The summed E-state index contributed by atoms with van der Waals surface area (Å²) in [4.78, 5) is 4.14. The summed E-state index contributed by atoms with van der Waals surface area (Å²) in [6, 6.07) is 3.90. The minimum atomic E-state index is 0. The van der Waals surface area contributed by atoms with Crippen LogP contribution < -0.4 is 10.1 Å². The lowest BCUT2D eigenvalue weighted by atomic mass is 10.0. The predicted molar refractivity (Wildman–Crippen MR) is 74.6 cm³/mol. The van der Waals surface area contributed by atoms with Crippen molar-refractivity contribution < 1.29 is 4.74 Å². The molecule has 1 aliphatic heterocycles. The monoisotopic (exact) mass is 278 g/mol. The molecule has 0 spiro atoms. The van der Waals surface area contributed by atoms with E-state index in [4.69, 9.17) is 4.74 Å². The molecule has 1 aromatic rings. The first-order chi connectivity index (χ1) is 7.34. The Morgan fingerprint density at radius 1 is 1.47 bits per heavy atom. The molecule has 2 rings (SSSR count). The van der Waals surface area contributed by atoms with Crippen LogP contribution in [0.4, 0.5) is 0 Å². The smallest absolute Gasteiger partial charge is 0.122 e. The zero-order valence-electron chi connectivity index (χ0n) is 10.0. The minimum absolute atomic E-state index is 0. The van der Waals surface area contributed by atoms with E-state index in [1.807, 2.05) is 19.1 Å². The van der Waals surface area contributed by atoms with Gasteiger partial charge in [-0.1, -0.05) is 0 Å². The molecule has 0 saturated carbocycles. The quantitative estimate of drug-likeness (QED) is 0.923. The van der Waals surface area contributed by atoms with E-state index in [2.05, 4.69) is 10.3 Å². The van der Waals surface area contributed by atoms with Gasteiger partial charge in [0.15, 0.2) is 0 Å². The third-order valence-electron chi connectivity index (χ3n) is 2.75. The summed E-state index contributed by atoms with van der Waals surface area (Å²) in [5, 5.41) is 3.39. The predicted octanol–water partition coefficient (Wildman–Crippen LogP) is 2.61. The summed E-state index contributed by atoms with van der Waals surface area (Å²) in [5.41, 5.74) is 1.01. The Morgan fingerprint density at radius 3 is 2.94 bits per heavy atom. The fourth-order valence-electron chi connectivity index (χ4n) is 1.89. The number of ether oxygens (including phenoxy) is 1. The highest BCUT2D eigenvalue weighted by molar-refractivity contribution is 5.85. The van der Waals surface area contributed by atoms with Crippen molar-refractivity contribution in [1.82, 2.24) is 10.3 Å². The van der Waals surface area contributed by atoms with Gasteiger partial charge in [-0.15, -0.1) is 24.8 Å². The van der Waals surface area contributed by atoms with Crippen LogP contribution in [-0.4, -0.2) is 24.7 Å². The van der Waals surface area contributed by atoms with Gasteiger partial charge in [0.25, 0.3) is 0 Å². The third kappa shape index (κ3) is 5.57. The molecule has 1 fully saturated rings. The maximum Gasteiger partial charge on any atom is 0.122 e. The van der Waals surface area contributed by atoms with Gasteiger partial charge in [0, 0.05) is 30.4 Å². The van der Waals surface area contributed by atoms with E-state index in [9.17, 15) is 0 Å². The van der Waals surface area contributed by atoms with E-state index in [1.54, 1.807) is 6.20 Å². The summed E-state index contributed by atoms with van der Waals surface area (Å²) in [6.45, 7) is 5.04. The Morgan fingerprint density at radius 2 is 2.29 bits per heavy atom. The van der Waals surface area contributed by atoms with Crippen LogP contribution in [0.2, 0.25) is 0 Å². The molecular weight excluding hydrogens is 259 g/mol. The number of hydrogen-bond donors (Lipinski definition) is 1. The fraction of sp³-hybridized carbons (Fsp3) is 0.583. The number of nitrogens with one attached hydrogen (secondary N) is 1. The van der Waals surface area contributed by atoms with Crippen LogP contribution >= 0.6 is 24.8 Å². The van der Waals surface area contributed by atoms with Crippen molar-refractivity contribution in [2.75, 3.05) is 19.7 Å². The first kappa shape index (κ1) is 16.5. The molecule has 3 nitrogen and oxygen atoms in total. The number of hydrogen-bond acceptors (Lipinski definition) is 3. The molecule has 0 aliphatic carbocycles. The second-order valence-corrected chi connectivity index (χ2v) is 4.16. The van der Waals surface area contributed by atoms with Crippen molar-refractivity contribution in [3.8, 4) is 5.75 Å². The molecular formula is C12H20Cl2N2O. The maximum atomic E-state index is 5.75. The second-order valence-electron chi connectivity index (χ2n) is 4.16. The number of aromatic nitrogens is 1. The number of nitrogens with zero attached hydrogens (tertiary/aromatic N) is 1. The molecule has 0 radical (unpaired) electrons. The van der Waals surface area contributed by atoms with E-state index in [1.165, 1.54) is 12.8 Å². The highest BCUT2D eigenvalue weighted by Crippen LogP contribution is 2.14. The molecule has 0 bridgehead atoms. The van der Waals surface area contributed by atoms with E-state index < -0.39 is 0 Å². The van der Waals surface area contributed by atoms with Gasteiger partial charge in [-0.2, -0.15) is 0 Å². The minimum Gasteiger partial charge on any atom is -0.493 e. The third-order valence-corrected chi connectivity index (χ3v) is 2.75. The van der Waals surface area contributed by atoms with Crippen molar-refractivity contribution in [3.63, 3.8) is 0 Å². The standard InChI is InChI=1S/C12H18N2O.2ClH/c1-10-7-12(4-6-14-10)15-9-11-3-2-5-13-8-11;;/h4,6-7,11,13H,2-3,5,8-9H2,1H3;2*1H. The second kappa shape index (κ2) is 8.56. The number of halogens is 2. The lowest BCUT2D eigenvalue weighted by Gasteiger charge is -2.22. The zero-order chi connectivity index (χ0) is 10.5. The molecule has 1 aromatic heterocycles. The molecule has 1 unspecified atom stereocenters. The lowest BCUT2D eigenvalue weighted by Crippen LogP contribution is -2.33. The van der Waals surface area contributed by atoms with Crippen LogP contribution in [-0.2, 0) is 0 Å². The van der Waals surface area contributed by atoms with Crippen LogP contribution in [0.5, 0.6) is 5.75 Å². The van der Waals surface area contributed by atoms with E-state index in [0.717, 1.165) is 31.1 Å². The van der Waals surface area contributed by atoms with Crippen LogP contribution in [0.25, 0.3) is 0 Å². The summed E-state index contributed by atoms with van der Waals surface area (Å²) in [5.74, 6) is 1.60. The molecule has 2 heterocycles. The molecule has 17 heavy (non-hydrogen) atoms. The fourth-order valence-corrected chi connectivity index (χ4v) is 1.89. The normalized spacial score (nSPS) is 18.8. The molecule has 1 N–H and O–H groups in total. The van der Waals surface area contributed by atoms with Crippen molar-refractivity contribution in [2.24, 2.45) is 5.92 Å². The zero-order valence-corrected chi connectivity index (χ0v) is 11.6. The lowest BCUT2D eigenvalue weighted by molar-refractivity contribution is 0.218. The summed E-state index contributed by atoms with van der Waals surface area (Å²) in [6.07, 6.45) is 4.34. The number of aryl methyl sites for hydroxylation is 1. The van der Waals surface area contributed by atoms with Gasteiger partial charge in [-0.05, 0) is 32.4 Å². The Bertz CT molecular complexity index is 317. The number of rotatable bonds is 3. The van der Waals surface area contributed by atoms with Gasteiger partial charge in [0.2, 0.25) is 0 Å². The van der Waals surface area contributed by atoms with Crippen LogP contribution in [0, 0.1) is 12.8 Å².